The van der Waals surface area contributed by atoms with E-state index in [1.807, 2.05) is 0 Å². The van der Waals surface area contributed by atoms with E-state index in [0.717, 1.165) is 0 Å². The van der Waals surface area contributed by atoms with Gasteiger partial charge in [-0.3, -0.25) is 24.2 Å². The number of carboxylic acid groups (broad SMARTS) is 1. The van der Waals surface area contributed by atoms with E-state index in [1.165, 1.54) is 25.0 Å². The smallest absolute Gasteiger partial charge is 0.326 e. The second-order valence-corrected chi connectivity index (χ2v) is 9.14. The van der Waals surface area contributed by atoms with Crippen LogP contribution in [0.5, 0.6) is 0 Å². The summed E-state index contributed by atoms with van der Waals surface area (Å²) in [5.74, 6) is -4.51. The summed E-state index contributed by atoms with van der Waals surface area (Å²) in [5.41, 5.74) is 23.0. The summed E-state index contributed by atoms with van der Waals surface area (Å²) in [7, 11) is 0. The Bertz CT molecular complexity index is 1180. The van der Waals surface area contributed by atoms with Crippen LogP contribution in [0, 0.1) is 0 Å². The number of nitrogens with zero attached hydrogens (tertiary/aromatic N) is 3. The molecular formula is C23H36N12O6. The number of H-pyrrole nitrogens is 2. The minimum Gasteiger partial charge on any atom is -0.480 e. The molecule has 41 heavy (non-hydrogen) atoms. The number of imidazole rings is 2. The van der Waals surface area contributed by atoms with Crippen molar-refractivity contribution in [3.8, 4) is 0 Å². The third-order valence-electron chi connectivity index (χ3n) is 5.82. The number of aromatic amines is 2. The minimum atomic E-state index is -1.37. The molecule has 0 aliphatic carbocycles. The van der Waals surface area contributed by atoms with E-state index in [2.05, 4.69) is 40.9 Å². The number of guanidine groups is 1. The van der Waals surface area contributed by atoms with Crippen molar-refractivity contribution in [2.75, 3.05) is 6.54 Å². The van der Waals surface area contributed by atoms with Gasteiger partial charge in [-0.15, -0.1) is 0 Å². The molecule has 18 heteroatoms. The normalized spacial score (nSPS) is 13.7. The maximum Gasteiger partial charge on any atom is 0.326 e. The number of hydrogen-bond donors (Lipinski definition) is 10. The predicted octanol–water partition coefficient (Wildman–Crippen LogP) is -3.90. The van der Waals surface area contributed by atoms with Gasteiger partial charge in [-0.05, 0) is 19.3 Å². The molecule has 2 aromatic rings. The third kappa shape index (κ3) is 11.7. The molecule has 0 bridgehead atoms. The topological polar surface area (TPSA) is 315 Å². The number of rotatable bonds is 18. The SMILES string of the molecule is NC(=O)CCC(NC(=O)C(CCCN=C(N)N)NC(=O)C(N)Cc1cnc[nH]1)C(=O)NC(Cc1cnc[nH]1)C(=O)O. The van der Waals surface area contributed by atoms with Gasteiger partial charge in [-0.2, -0.15) is 0 Å². The quantitative estimate of drug-likeness (QED) is 0.0464. The largest absolute Gasteiger partial charge is 0.480 e. The summed E-state index contributed by atoms with van der Waals surface area (Å²) < 4.78 is 0. The van der Waals surface area contributed by atoms with Gasteiger partial charge in [0.15, 0.2) is 5.96 Å². The fourth-order valence-corrected chi connectivity index (χ4v) is 3.69. The number of nitrogens with two attached hydrogens (primary N) is 4. The van der Waals surface area contributed by atoms with Gasteiger partial charge in [-0.1, -0.05) is 0 Å². The molecular weight excluding hydrogens is 540 g/mol. The molecule has 0 fully saturated rings. The number of hydrogen-bond acceptors (Lipinski definition) is 9. The Morgan fingerprint density at radius 3 is 1.88 bits per heavy atom. The van der Waals surface area contributed by atoms with Crippen molar-refractivity contribution < 1.29 is 29.1 Å². The van der Waals surface area contributed by atoms with Crippen LogP contribution in [0.25, 0.3) is 0 Å². The molecule has 0 aliphatic heterocycles. The molecule has 0 saturated heterocycles. The van der Waals surface area contributed by atoms with Gasteiger partial charge in [0, 0.05) is 49.6 Å². The fourth-order valence-electron chi connectivity index (χ4n) is 3.69. The van der Waals surface area contributed by atoms with Gasteiger partial charge in [0.05, 0.1) is 18.7 Å². The van der Waals surface area contributed by atoms with Crippen molar-refractivity contribution >= 4 is 35.6 Å². The number of aliphatic carboxylic acids is 1. The first-order chi connectivity index (χ1) is 19.5. The molecule has 2 heterocycles. The second-order valence-electron chi connectivity index (χ2n) is 9.14. The van der Waals surface area contributed by atoms with Crippen molar-refractivity contribution in [3.05, 3.63) is 36.4 Å². The van der Waals surface area contributed by atoms with Crippen LogP contribution in [-0.2, 0) is 36.8 Å². The first-order valence-corrected chi connectivity index (χ1v) is 12.6. The molecule has 2 aromatic heterocycles. The number of carbonyl (C=O) groups excluding carboxylic acids is 4. The van der Waals surface area contributed by atoms with E-state index >= 15 is 0 Å². The summed E-state index contributed by atoms with van der Waals surface area (Å²) in [6, 6.07) is -4.93. The molecule has 2 rings (SSSR count). The van der Waals surface area contributed by atoms with Gasteiger partial charge < -0.3 is 54.0 Å². The van der Waals surface area contributed by atoms with E-state index in [0.29, 0.717) is 11.4 Å². The van der Waals surface area contributed by atoms with Crippen LogP contribution in [0.4, 0.5) is 0 Å². The van der Waals surface area contributed by atoms with Gasteiger partial charge >= 0.3 is 5.97 Å². The highest BCUT2D eigenvalue weighted by atomic mass is 16.4. The van der Waals surface area contributed by atoms with Crippen LogP contribution in [0.1, 0.15) is 37.1 Å². The van der Waals surface area contributed by atoms with Crippen LogP contribution in [0.3, 0.4) is 0 Å². The highest BCUT2D eigenvalue weighted by molar-refractivity contribution is 5.94. The van der Waals surface area contributed by atoms with Crippen LogP contribution in [0.15, 0.2) is 30.0 Å². The van der Waals surface area contributed by atoms with Crippen LogP contribution < -0.4 is 38.9 Å². The molecule has 4 atom stereocenters. The lowest BCUT2D eigenvalue weighted by molar-refractivity contribution is -0.142. The van der Waals surface area contributed by atoms with Gasteiger partial charge in [0.25, 0.3) is 0 Å². The van der Waals surface area contributed by atoms with Gasteiger partial charge in [0.1, 0.15) is 18.1 Å². The highest BCUT2D eigenvalue weighted by Crippen LogP contribution is 2.06. The van der Waals surface area contributed by atoms with Crippen molar-refractivity contribution in [2.24, 2.45) is 27.9 Å². The fraction of sp³-hybridized carbons (Fsp3) is 0.478. The molecule has 0 spiro atoms. The molecule has 0 saturated carbocycles. The molecule has 0 aromatic carbocycles. The Balaban J connectivity index is 2.16. The number of aromatic nitrogens is 4. The maximum atomic E-state index is 13.3. The Morgan fingerprint density at radius 2 is 1.37 bits per heavy atom. The Hall–Kier alpha value is -5.00. The number of carboxylic acids is 1. The zero-order valence-electron chi connectivity index (χ0n) is 22.2. The van der Waals surface area contributed by atoms with Crippen LogP contribution in [0.2, 0.25) is 0 Å². The molecule has 0 radical (unpaired) electrons. The third-order valence-corrected chi connectivity index (χ3v) is 5.82. The standard InChI is InChI=1S/C23H36N12O6/c24-14(6-12-8-28-10-31-12)19(37)33-15(2-1-5-30-23(26)27)20(38)34-16(3-4-18(25)36)21(39)35-17(22(40)41)7-13-9-29-11-32-13/h8-11,14-17H,1-7,24H2,(H2,25,36)(H,28,31)(H,29,32)(H,33,37)(H,34,38)(H,35,39)(H,40,41)(H4,26,27,30). The van der Waals surface area contributed by atoms with E-state index in [4.69, 9.17) is 22.9 Å². The summed E-state index contributed by atoms with van der Waals surface area (Å²) in [6.07, 6.45) is 5.52. The Labute approximate surface area is 234 Å². The first kappa shape index (κ1) is 32.2. The number of carbonyl (C=O) groups is 5. The number of aliphatic imine (C=N–C) groups is 1. The summed E-state index contributed by atoms with van der Waals surface area (Å²) in [5, 5.41) is 17.0. The van der Waals surface area contributed by atoms with Crippen molar-refractivity contribution in [1.82, 2.24) is 35.9 Å². The molecule has 14 N–H and O–H groups in total. The monoisotopic (exact) mass is 576 g/mol. The zero-order valence-corrected chi connectivity index (χ0v) is 22.2. The molecule has 4 amide bonds. The van der Waals surface area contributed by atoms with Gasteiger partial charge in [0.2, 0.25) is 23.6 Å². The number of nitrogens with one attached hydrogen (secondary N) is 5. The number of amides is 4. The predicted molar refractivity (Wildman–Crippen MR) is 144 cm³/mol. The Morgan fingerprint density at radius 1 is 0.829 bits per heavy atom. The van der Waals surface area contributed by atoms with E-state index in [9.17, 15) is 29.1 Å². The van der Waals surface area contributed by atoms with Crippen LogP contribution in [-0.4, -0.2) is 91.3 Å². The van der Waals surface area contributed by atoms with E-state index < -0.39 is 53.8 Å². The lowest BCUT2D eigenvalue weighted by atomic mass is 10.1. The Kier molecular flexibility index (Phi) is 12.7. The molecule has 4 unspecified atom stereocenters. The summed E-state index contributed by atoms with van der Waals surface area (Å²) >= 11 is 0. The van der Waals surface area contributed by atoms with Crippen molar-refractivity contribution in [2.45, 2.75) is 62.7 Å². The average Bonchev–Trinajstić information content (AvgIpc) is 3.61. The number of primary amides is 1. The van der Waals surface area contributed by atoms with Gasteiger partial charge in [-0.25, -0.2) is 14.8 Å². The second kappa shape index (κ2) is 16.2. The average molecular weight is 577 g/mol. The molecule has 224 valence electrons. The lowest BCUT2D eigenvalue weighted by Gasteiger charge is -2.25. The minimum absolute atomic E-state index is 0.0624. The van der Waals surface area contributed by atoms with Crippen molar-refractivity contribution in [3.63, 3.8) is 0 Å². The summed E-state index contributed by atoms with van der Waals surface area (Å²) in [4.78, 5) is 79.5. The summed E-state index contributed by atoms with van der Waals surface area (Å²) in [6.45, 7) is 0.154. The first-order valence-electron chi connectivity index (χ1n) is 12.6. The van der Waals surface area contributed by atoms with E-state index in [-0.39, 0.29) is 51.0 Å². The molecule has 0 aliphatic rings. The maximum absolute atomic E-state index is 13.3. The van der Waals surface area contributed by atoms with Crippen LogP contribution >= 0.6 is 0 Å². The van der Waals surface area contributed by atoms with Crippen molar-refractivity contribution in [1.29, 1.82) is 0 Å². The zero-order chi connectivity index (χ0) is 30.4. The van der Waals surface area contributed by atoms with E-state index in [1.54, 1.807) is 0 Å². The lowest BCUT2D eigenvalue weighted by Crippen LogP contribution is -2.57. The molecule has 18 nitrogen and oxygen atoms in total. The highest BCUT2D eigenvalue weighted by Gasteiger charge is 2.30.